The van der Waals surface area contributed by atoms with Gasteiger partial charge >= 0.3 is 0 Å². The molecule has 2 unspecified atom stereocenters. The normalized spacial score (nSPS) is 27.4. The van der Waals surface area contributed by atoms with Crippen molar-refractivity contribution in [3.05, 3.63) is 0 Å². The first-order chi connectivity index (χ1) is 8.13. The molecule has 0 aliphatic carbocycles. The molecule has 0 amide bonds. The molecule has 1 rings (SSSR count). The van der Waals surface area contributed by atoms with E-state index in [9.17, 15) is 5.11 Å². The van der Waals surface area contributed by atoms with Crippen molar-refractivity contribution in [1.82, 2.24) is 4.90 Å². The van der Waals surface area contributed by atoms with E-state index >= 15 is 0 Å². The molecule has 1 heterocycles. The summed E-state index contributed by atoms with van der Waals surface area (Å²) in [6.45, 7) is 5.02. The summed E-state index contributed by atoms with van der Waals surface area (Å²) >= 11 is 1.90. The Hall–Kier alpha value is 0.230. The summed E-state index contributed by atoms with van der Waals surface area (Å²) in [6.07, 6.45) is 5.52. The van der Waals surface area contributed by atoms with Crippen LogP contribution in [0.4, 0.5) is 0 Å². The third-order valence-corrected chi connectivity index (χ3v) is 4.46. The third-order valence-electron chi connectivity index (χ3n) is 3.82. The minimum atomic E-state index is -0.0272. The van der Waals surface area contributed by atoms with Gasteiger partial charge in [-0.25, -0.2) is 0 Å². The Kier molecular flexibility index (Phi) is 6.85. The van der Waals surface area contributed by atoms with E-state index in [1.54, 1.807) is 0 Å². The molecule has 1 saturated heterocycles. The van der Waals surface area contributed by atoms with Crippen molar-refractivity contribution in [2.75, 3.05) is 45.4 Å². The van der Waals surface area contributed by atoms with E-state index in [1.807, 2.05) is 11.8 Å². The van der Waals surface area contributed by atoms with E-state index < -0.39 is 0 Å². The Balaban J connectivity index is 2.43. The lowest BCUT2D eigenvalue weighted by atomic mass is 9.82. The first kappa shape index (κ1) is 15.3. The van der Waals surface area contributed by atoms with Gasteiger partial charge in [-0.05, 0) is 45.2 Å². The fourth-order valence-electron chi connectivity index (χ4n) is 2.40. The Morgan fingerprint density at radius 2 is 2.29 bits per heavy atom. The summed E-state index contributed by atoms with van der Waals surface area (Å²) in [7, 11) is 2.16. The number of aliphatic hydroxyl groups is 1. The molecule has 0 aromatic carbocycles. The van der Waals surface area contributed by atoms with Gasteiger partial charge in [-0.2, -0.15) is 11.8 Å². The molecule has 0 radical (unpaired) electrons. The number of hydrogen-bond donors (Lipinski definition) is 1. The van der Waals surface area contributed by atoms with E-state index in [0.717, 1.165) is 26.0 Å². The number of hydrogen-bond acceptors (Lipinski definition) is 4. The SMILES string of the molecule is CSCCC(C)N(C)CC1(CO)CCCOC1. The van der Waals surface area contributed by atoms with Gasteiger partial charge < -0.3 is 14.7 Å². The predicted molar refractivity (Wildman–Crippen MR) is 74.7 cm³/mol. The summed E-state index contributed by atoms with van der Waals surface area (Å²) in [5, 5.41) is 9.64. The number of rotatable bonds is 7. The van der Waals surface area contributed by atoms with E-state index in [-0.39, 0.29) is 12.0 Å². The summed E-state index contributed by atoms with van der Waals surface area (Å²) in [6, 6.07) is 0.577. The van der Waals surface area contributed by atoms with Gasteiger partial charge in [0, 0.05) is 24.6 Å². The lowest BCUT2D eigenvalue weighted by Crippen LogP contribution is -2.46. The second-order valence-electron chi connectivity index (χ2n) is 5.36. The monoisotopic (exact) mass is 261 g/mol. The molecule has 0 spiro atoms. The quantitative estimate of drug-likeness (QED) is 0.758. The Morgan fingerprint density at radius 1 is 1.53 bits per heavy atom. The average Bonchev–Trinajstić information content (AvgIpc) is 2.36. The van der Waals surface area contributed by atoms with E-state index in [4.69, 9.17) is 4.74 Å². The van der Waals surface area contributed by atoms with Crippen LogP contribution in [0.2, 0.25) is 0 Å². The molecule has 1 aliphatic heterocycles. The van der Waals surface area contributed by atoms with Crippen molar-refractivity contribution in [1.29, 1.82) is 0 Å². The van der Waals surface area contributed by atoms with Crippen LogP contribution in [0, 0.1) is 5.41 Å². The molecule has 0 bridgehead atoms. The summed E-state index contributed by atoms with van der Waals surface area (Å²) in [4.78, 5) is 2.38. The van der Waals surface area contributed by atoms with Gasteiger partial charge in [0.1, 0.15) is 0 Å². The number of aliphatic hydroxyl groups excluding tert-OH is 1. The van der Waals surface area contributed by atoms with Crippen LogP contribution in [0.1, 0.15) is 26.2 Å². The molecule has 0 aromatic heterocycles. The first-order valence-electron chi connectivity index (χ1n) is 6.51. The van der Waals surface area contributed by atoms with Crippen LogP contribution < -0.4 is 0 Å². The Bertz CT molecular complexity index is 208. The van der Waals surface area contributed by atoms with Crippen molar-refractivity contribution in [3.8, 4) is 0 Å². The highest BCUT2D eigenvalue weighted by atomic mass is 32.2. The van der Waals surface area contributed by atoms with E-state index in [2.05, 4.69) is 25.1 Å². The van der Waals surface area contributed by atoms with Gasteiger partial charge in [0.2, 0.25) is 0 Å². The maximum Gasteiger partial charge on any atom is 0.0556 e. The minimum absolute atomic E-state index is 0.0272. The second-order valence-corrected chi connectivity index (χ2v) is 6.35. The van der Waals surface area contributed by atoms with E-state index in [1.165, 1.54) is 12.2 Å². The smallest absolute Gasteiger partial charge is 0.0556 e. The lowest BCUT2D eigenvalue weighted by molar-refractivity contribution is -0.0563. The summed E-state index contributed by atoms with van der Waals surface area (Å²) < 4.78 is 5.55. The van der Waals surface area contributed by atoms with Gasteiger partial charge in [-0.3, -0.25) is 0 Å². The Labute approximate surface area is 110 Å². The zero-order valence-corrected chi connectivity index (χ0v) is 12.3. The fraction of sp³-hybridized carbons (Fsp3) is 1.00. The molecular weight excluding hydrogens is 234 g/mol. The molecule has 17 heavy (non-hydrogen) atoms. The van der Waals surface area contributed by atoms with Crippen LogP contribution in [0.3, 0.4) is 0 Å². The van der Waals surface area contributed by atoms with Crippen molar-refractivity contribution >= 4 is 11.8 Å². The zero-order chi connectivity index (χ0) is 12.7. The predicted octanol–water partition coefficient (Wildman–Crippen LogP) is 1.85. The highest BCUT2D eigenvalue weighted by Gasteiger charge is 2.34. The molecule has 0 aromatic rings. The second kappa shape index (κ2) is 7.62. The maximum atomic E-state index is 9.64. The van der Waals surface area contributed by atoms with Crippen LogP contribution in [0.25, 0.3) is 0 Å². The van der Waals surface area contributed by atoms with Crippen molar-refractivity contribution in [2.45, 2.75) is 32.2 Å². The molecular formula is C13H27NO2S. The van der Waals surface area contributed by atoms with Crippen LogP contribution in [-0.4, -0.2) is 61.5 Å². The number of thioether (sulfide) groups is 1. The van der Waals surface area contributed by atoms with Gasteiger partial charge in [0.25, 0.3) is 0 Å². The van der Waals surface area contributed by atoms with Gasteiger partial charge in [0.15, 0.2) is 0 Å². The molecule has 102 valence electrons. The summed E-state index contributed by atoms with van der Waals surface area (Å²) in [5.74, 6) is 1.20. The van der Waals surface area contributed by atoms with Gasteiger partial charge in [-0.1, -0.05) is 0 Å². The number of ether oxygens (including phenoxy) is 1. The molecule has 1 aliphatic rings. The molecule has 3 nitrogen and oxygen atoms in total. The van der Waals surface area contributed by atoms with Crippen LogP contribution >= 0.6 is 11.8 Å². The standard InChI is InChI=1S/C13H27NO2S/c1-12(5-8-17-3)14(2)9-13(10-15)6-4-7-16-11-13/h12,15H,4-11H2,1-3H3. The van der Waals surface area contributed by atoms with E-state index in [0.29, 0.717) is 12.6 Å². The zero-order valence-electron chi connectivity index (χ0n) is 11.4. The van der Waals surface area contributed by atoms with Gasteiger partial charge in [-0.15, -0.1) is 0 Å². The van der Waals surface area contributed by atoms with Gasteiger partial charge in [0.05, 0.1) is 13.2 Å². The largest absolute Gasteiger partial charge is 0.396 e. The first-order valence-corrected chi connectivity index (χ1v) is 7.91. The topological polar surface area (TPSA) is 32.7 Å². The minimum Gasteiger partial charge on any atom is -0.396 e. The highest BCUT2D eigenvalue weighted by Crippen LogP contribution is 2.29. The van der Waals surface area contributed by atoms with Crippen molar-refractivity contribution < 1.29 is 9.84 Å². The van der Waals surface area contributed by atoms with Crippen LogP contribution in [0.15, 0.2) is 0 Å². The highest BCUT2D eigenvalue weighted by molar-refractivity contribution is 7.98. The number of nitrogens with zero attached hydrogens (tertiary/aromatic N) is 1. The molecule has 1 fully saturated rings. The maximum absolute atomic E-state index is 9.64. The molecule has 2 atom stereocenters. The Morgan fingerprint density at radius 3 is 2.82 bits per heavy atom. The fourth-order valence-corrected chi connectivity index (χ4v) is 2.98. The van der Waals surface area contributed by atoms with Crippen LogP contribution in [0.5, 0.6) is 0 Å². The molecule has 0 saturated carbocycles. The van der Waals surface area contributed by atoms with Crippen LogP contribution in [-0.2, 0) is 4.74 Å². The average molecular weight is 261 g/mol. The lowest BCUT2D eigenvalue weighted by Gasteiger charge is -2.40. The van der Waals surface area contributed by atoms with Crippen molar-refractivity contribution in [2.24, 2.45) is 5.41 Å². The molecule has 4 heteroatoms. The van der Waals surface area contributed by atoms with Crippen molar-refractivity contribution in [3.63, 3.8) is 0 Å². The molecule has 1 N–H and O–H groups in total. The summed E-state index contributed by atoms with van der Waals surface area (Å²) in [5.41, 5.74) is -0.0272. The third kappa shape index (κ3) is 4.78.